The number of likely N-dealkylation sites (N-methyl/N-ethyl adjacent to an activating group) is 1. The molecule has 1 aromatic carbocycles. The predicted octanol–water partition coefficient (Wildman–Crippen LogP) is 3.75. The Kier molecular flexibility index (Phi) is 5.90. The van der Waals surface area contributed by atoms with Crippen LogP contribution in [0.15, 0.2) is 23.6 Å². The predicted molar refractivity (Wildman–Crippen MR) is 95.9 cm³/mol. The van der Waals surface area contributed by atoms with Crippen LogP contribution in [-0.4, -0.2) is 36.4 Å². The Bertz CT molecular complexity index is 733. The number of hydrogen-bond acceptors (Lipinski definition) is 4. The van der Waals surface area contributed by atoms with Gasteiger partial charge in [0.25, 0.3) is 5.91 Å². The number of halogens is 2. The van der Waals surface area contributed by atoms with Crippen molar-refractivity contribution in [2.45, 2.75) is 32.2 Å². The van der Waals surface area contributed by atoms with Crippen LogP contribution in [0.4, 0.5) is 8.78 Å². The molecule has 7 heteroatoms. The minimum atomic E-state index is -0.628. The highest BCUT2D eigenvalue weighted by molar-refractivity contribution is 7.10. The van der Waals surface area contributed by atoms with Crippen LogP contribution >= 0.6 is 11.3 Å². The molecule has 1 amide bonds. The highest BCUT2D eigenvalue weighted by atomic mass is 32.1. The maximum Gasteiger partial charge on any atom is 0.270 e. The Hall–Kier alpha value is -1.86. The van der Waals surface area contributed by atoms with Crippen molar-refractivity contribution in [3.8, 4) is 0 Å². The van der Waals surface area contributed by atoms with Crippen LogP contribution < -0.4 is 5.32 Å². The lowest BCUT2D eigenvalue weighted by molar-refractivity contribution is 0.0936. The first-order valence-corrected chi connectivity index (χ1v) is 8.83. The quantitative estimate of drug-likeness (QED) is 0.875. The zero-order valence-electron chi connectivity index (χ0n) is 15.1. The van der Waals surface area contributed by atoms with Crippen molar-refractivity contribution in [3.05, 3.63) is 51.5 Å². The van der Waals surface area contributed by atoms with E-state index in [4.69, 9.17) is 0 Å². The lowest BCUT2D eigenvalue weighted by Crippen LogP contribution is -2.35. The second-order valence-corrected chi connectivity index (χ2v) is 7.97. The SMILES string of the molecule is CN(C)C(CNC(=O)c1csc(C(C)(C)C)n1)c1c(F)cccc1F. The second kappa shape index (κ2) is 7.58. The van der Waals surface area contributed by atoms with Gasteiger partial charge in [0.2, 0.25) is 0 Å². The smallest absolute Gasteiger partial charge is 0.270 e. The fraction of sp³-hybridized carbons (Fsp3) is 0.444. The molecule has 1 aromatic heterocycles. The number of carbonyl (C=O) groups is 1. The molecule has 0 saturated carbocycles. The lowest BCUT2D eigenvalue weighted by atomic mass is 9.98. The molecular weight excluding hydrogens is 344 g/mol. The van der Waals surface area contributed by atoms with E-state index in [1.807, 2.05) is 20.8 Å². The van der Waals surface area contributed by atoms with Crippen LogP contribution in [0.25, 0.3) is 0 Å². The van der Waals surface area contributed by atoms with Gasteiger partial charge >= 0.3 is 0 Å². The van der Waals surface area contributed by atoms with Gasteiger partial charge in [0.1, 0.15) is 17.3 Å². The summed E-state index contributed by atoms with van der Waals surface area (Å²) in [6.07, 6.45) is 0. The van der Waals surface area contributed by atoms with E-state index in [1.54, 1.807) is 24.4 Å². The molecule has 2 rings (SSSR count). The lowest BCUT2D eigenvalue weighted by Gasteiger charge is -2.25. The Morgan fingerprint density at radius 3 is 2.36 bits per heavy atom. The number of hydrogen-bond donors (Lipinski definition) is 1. The van der Waals surface area contributed by atoms with E-state index in [2.05, 4.69) is 10.3 Å². The largest absolute Gasteiger partial charge is 0.349 e. The summed E-state index contributed by atoms with van der Waals surface area (Å²) >= 11 is 1.42. The van der Waals surface area contributed by atoms with Crippen LogP contribution in [0.5, 0.6) is 0 Å². The standard InChI is InChI=1S/C18H23F2N3OS/c1-18(2,3)17-22-13(10-25-17)16(24)21-9-14(23(4)5)15-11(19)7-6-8-12(15)20/h6-8,10,14H,9H2,1-5H3,(H,21,24). The molecule has 0 aliphatic heterocycles. The van der Waals surface area contributed by atoms with Gasteiger partial charge in [0.05, 0.1) is 11.0 Å². The third kappa shape index (κ3) is 4.61. The van der Waals surface area contributed by atoms with E-state index in [-0.39, 0.29) is 23.4 Å². The van der Waals surface area contributed by atoms with Crippen LogP contribution in [-0.2, 0) is 5.41 Å². The molecular formula is C18H23F2N3OS. The molecule has 25 heavy (non-hydrogen) atoms. The van der Waals surface area contributed by atoms with E-state index in [0.29, 0.717) is 5.69 Å². The molecule has 1 unspecified atom stereocenters. The number of nitrogens with one attached hydrogen (secondary N) is 1. The van der Waals surface area contributed by atoms with Crippen molar-refractivity contribution in [1.82, 2.24) is 15.2 Å². The third-order valence-corrected chi connectivity index (χ3v) is 5.06. The van der Waals surface area contributed by atoms with Crippen molar-refractivity contribution in [2.24, 2.45) is 0 Å². The first-order chi connectivity index (χ1) is 11.6. The highest BCUT2D eigenvalue weighted by Crippen LogP contribution is 2.26. The second-order valence-electron chi connectivity index (χ2n) is 7.11. The summed E-state index contributed by atoms with van der Waals surface area (Å²) in [5.41, 5.74) is 0.133. The average Bonchev–Trinajstić information content (AvgIpc) is 2.99. The van der Waals surface area contributed by atoms with E-state index in [9.17, 15) is 13.6 Å². The number of benzene rings is 1. The maximum absolute atomic E-state index is 14.1. The number of thiazole rings is 1. The summed E-state index contributed by atoms with van der Waals surface area (Å²) in [4.78, 5) is 18.4. The van der Waals surface area contributed by atoms with Gasteiger partial charge in [-0.15, -0.1) is 11.3 Å². The molecule has 1 N–H and O–H groups in total. The summed E-state index contributed by atoms with van der Waals surface area (Å²) < 4.78 is 28.1. The number of amides is 1. The van der Waals surface area contributed by atoms with Gasteiger partial charge in [-0.3, -0.25) is 4.79 Å². The summed E-state index contributed by atoms with van der Waals surface area (Å²) in [7, 11) is 3.42. The molecule has 0 fully saturated rings. The zero-order chi connectivity index (χ0) is 18.8. The molecule has 1 heterocycles. The van der Waals surface area contributed by atoms with Crippen LogP contribution in [0, 0.1) is 11.6 Å². The number of rotatable bonds is 5. The molecule has 2 aromatic rings. The van der Waals surface area contributed by atoms with Crippen molar-refractivity contribution in [2.75, 3.05) is 20.6 Å². The summed E-state index contributed by atoms with van der Waals surface area (Å²) in [5, 5.41) is 5.29. The van der Waals surface area contributed by atoms with Crippen molar-refractivity contribution in [3.63, 3.8) is 0 Å². The maximum atomic E-state index is 14.1. The zero-order valence-corrected chi connectivity index (χ0v) is 15.9. The van der Waals surface area contributed by atoms with Crippen molar-refractivity contribution in [1.29, 1.82) is 0 Å². The highest BCUT2D eigenvalue weighted by Gasteiger charge is 2.24. The number of nitrogens with zero attached hydrogens (tertiary/aromatic N) is 2. The summed E-state index contributed by atoms with van der Waals surface area (Å²) in [6, 6.07) is 3.13. The minimum absolute atomic E-state index is 0.0542. The van der Waals surface area contributed by atoms with E-state index >= 15 is 0 Å². The van der Waals surface area contributed by atoms with Crippen molar-refractivity contribution < 1.29 is 13.6 Å². The Balaban J connectivity index is 2.14. The summed E-state index contributed by atoms with van der Waals surface area (Å²) in [5.74, 6) is -1.61. The van der Waals surface area contributed by atoms with Crippen LogP contribution in [0.1, 0.15) is 47.9 Å². The molecule has 0 radical (unpaired) electrons. The van der Waals surface area contributed by atoms with Crippen molar-refractivity contribution >= 4 is 17.2 Å². The molecule has 0 aliphatic carbocycles. The Labute approximate surface area is 150 Å². The van der Waals surface area contributed by atoms with Gasteiger partial charge < -0.3 is 10.2 Å². The van der Waals surface area contributed by atoms with E-state index in [1.165, 1.54) is 29.5 Å². The first-order valence-electron chi connectivity index (χ1n) is 7.95. The molecule has 1 atom stereocenters. The van der Waals surface area contributed by atoms with Gasteiger partial charge in [0.15, 0.2) is 0 Å². The normalized spacial score (nSPS) is 13.1. The van der Waals surface area contributed by atoms with Crippen LogP contribution in [0.2, 0.25) is 0 Å². The average molecular weight is 367 g/mol. The van der Waals surface area contributed by atoms with Crippen LogP contribution in [0.3, 0.4) is 0 Å². The summed E-state index contributed by atoms with van der Waals surface area (Å²) in [6.45, 7) is 6.15. The molecule has 136 valence electrons. The molecule has 0 saturated heterocycles. The van der Waals surface area contributed by atoms with E-state index < -0.39 is 17.7 Å². The van der Waals surface area contributed by atoms with E-state index in [0.717, 1.165) is 5.01 Å². The Morgan fingerprint density at radius 1 is 1.28 bits per heavy atom. The fourth-order valence-electron chi connectivity index (χ4n) is 2.37. The first kappa shape index (κ1) is 19.5. The third-order valence-electron chi connectivity index (χ3n) is 3.79. The molecule has 0 bridgehead atoms. The monoisotopic (exact) mass is 367 g/mol. The topological polar surface area (TPSA) is 45.2 Å². The van der Waals surface area contributed by atoms with Gasteiger partial charge in [-0.25, -0.2) is 13.8 Å². The molecule has 4 nitrogen and oxygen atoms in total. The molecule has 0 aliphatic rings. The molecule has 0 spiro atoms. The number of aromatic nitrogens is 1. The van der Waals surface area contributed by atoms with Gasteiger partial charge in [-0.2, -0.15) is 0 Å². The van der Waals surface area contributed by atoms with Gasteiger partial charge in [-0.1, -0.05) is 26.8 Å². The fourth-order valence-corrected chi connectivity index (χ4v) is 3.26. The number of carbonyl (C=O) groups excluding carboxylic acids is 1. The Morgan fingerprint density at radius 2 is 1.88 bits per heavy atom. The van der Waals surface area contributed by atoms with Gasteiger partial charge in [-0.05, 0) is 26.2 Å². The van der Waals surface area contributed by atoms with Gasteiger partial charge in [0, 0.05) is 22.9 Å². The minimum Gasteiger partial charge on any atom is -0.349 e.